The number of fused-ring (bicyclic) bond motifs is 1. The number of carbonyl (C=O) groups is 1. The number of hydrogen-bond donors (Lipinski definition) is 4. The maximum absolute atomic E-state index is 12.9. The Balaban J connectivity index is 1.35. The lowest BCUT2D eigenvalue weighted by atomic mass is 10.1. The molecule has 0 spiro atoms. The van der Waals surface area contributed by atoms with Gasteiger partial charge in [-0.15, -0.1) is 0 Å². The minimum atomic E-state index is -0.828. The van der Waals surface area contributed by atoms with E-state index < -0.39 is 12.8 Å². The van der Waals surface area contributed by atoms with E-state index in [9.17, 15) is 19.1 Å². The van der Waals surface area contributed by atoms with E-state index in [-0.39, 0.29) is 30.9 Å². The molecule has 2 aromatic carbocycles. The minimum Gasteiger partial charge on any atom is -0.387 e. The highest BCUT2D eigenvalue weighted by atomic mass is 35.5. The van der Waals surface area contributed by atoms with Crippen LogP contribution >= 0.6 is 11.6 Å². The van der Waals surface area contributed by atoms with Crippen LogP contribution in [0.25, 0.3) is 22.4 Å². The number of halogens is 2. The molecule has 0 unspecified atom stereocenters. The number of aryl methyl sites for hydroxylation is 1. The van der Waals surface area contributed by atoms with E-state index in [4.69, 9.17) is 16.6 Å². The van der Waals surface area contributed by atoms with E-state index in [0.717, 1.165) is 22.3 Å². The summed E-state index contributed by atoms with van der Waals surface area (Å²) in [7, 11) is 0. The Labute approximate surface area is 236 Å². The average molecular weight is 567 g/mol. The van der Waals surface area contributed by atoms with Gasteiger partial charge in [-0.05, 0) is 54.8 Å². The second-order valence-electron chi connectivity index (χ2n) is 9.95. The van der Waals surface area contributed by atoms with Crippen LogP contribution in [-0.2, 0) is 4.79 Å². The first kappa shape index (κ1) is 27.7. The standard InChI is InChI=1S/C29H32ClFN6O3/c1-18-14-21(36-10-12-37(13-11-36)25(39)6-3-8-31)16-23-27(18)35-28(34-23)26-22(7-9-32-29(26)40)33-17-24(38)19-4-2-5-20(30)15-19/h2,4-5,7,9,14-16,24,38H,3,6,8,10-13,17H2,1H3,(H,34,35)(H2,32,33,40)/t24-/m1/s1. The lowest BCUT2D eigenvalue weighted by Gasteiger charge is -2.36. The molecule has 1 saturated heterocycles. The van der Waals surface area contributed by atoms with Crippen molar-refractivity contribution in [2.24, 2.45) is 0 Å². The number of rotatable bonds is 9. The Kier molecular flexibility index (Phi) is 8.37. The molecule has 1 atom stereocenters. The van der Waals surface area contributed by atoms with E-state index in [1.807, 2.05) is 13.0 Å². The number of nitrogens with one attached hydrogen (secondary N) is 3. The molecule has 0 saturated carbocycles. The van der Waals surface area contributed by atoms with Crippen LogP contribution in [0.2, 0.25) is 5.02 Å². The zero-order chi connectivity index (χ0) is 28.2. The molecule has 1 aliphatic heterocycles. The number of piperazine rings is 1. The van der Waals surface area contributed by atoms with Crippen molar-refractivity contribution >= 4 is 39.9 Å². The molecule has 11 heteroatoms. The van der Waals surface area contributed by atoms with Crippen LogP contribution < -0.4 is 15.8 Å². The van der Waals surface area contributed by atoms with Gasteiger partial charge < -0.3 is 30.2 Å². The SMILES string of the molecule is Cc1cc(N2CCN(C(=O)CCCF)CC2)cc2[nH]c(-c3c(NC[C@@H](O)c4cccc(Cl)c4)cc[nH]c3=O)nc12. The summed E-state index contributed by atoms with van der Waals surface area (Å²) in [5.74, 6) is 0.417. The summed E-state index contributed by atoms with van der Waals surface area (Å²) in [4.78, 5) is 40.0. The topological polar surface area (TPSA) is 117 Å². The Bertz CT molecular complexity index is 1560. The highest BCUT2D eigenvalue weighted by molar-refractivity contribution is 6.30. The second-order valence-corrected chi connectivity index (χ2v) is 10.4. The van der Waals surface area contributed by atoms with Gasteiger partial charge in [0.25, 0.3) is 5.56 Å². The van der Waals surface area contributed by atoms with Crippen molar-refractivity contribution in [2.75, 3.05) is 49.6 Å². The Hall–Kier alpha value is -3.89. The van der Waals surface area contributed by atoms with Crippen molar-refractivity contribution in [1.82, 2.24) is 19.9 Å². The molecule has 0 bridgehead atoms. The molecule has 0 aliphatic carbocycles. The molecule has 210 valence electrons. The molecule has 40 heavy (non-hydrogen) atoms. The number of amides is 1. The van der Waals surface area contributed by atoms with E-state index in [1.54, 1.807) is 41.4 Å². The molecule has 9 nitrogen and oxygen atoms in total. The van der Waals surface area contributed by atoms with Gasteiger partial charge in [-0.2, -0.15) is 0 Å². The number of aromatic amines is 2. The highest BCUT2D eigenvalue weighted by Crippen LogP contribution is 2.30. The third-order valence-electron chi connectivity index (χ3n) is 7.20. The first-order valence-corrected chi connectivity index (χ1v) is 13.7. The predicted molar refractivity (Wildman–Crippen MR) is 156 cm³/mol. The zero-order valence-electron chi connectivity index (χ0n) is 22.2. The summed E-state index contributed by atoms with van der Waals surface area (Å²) < 4.78 is 12.4. The van der Waals surface area contributed by atoms with E-state index in [2.05, 4.69) is 26.3 Å². The number of nitrogens with zero attached hydrogens (tertiary/aromatic N) is 3. The zero-order valence-corrected chi connectivity index (χ0v) is 23.0. The van der Waals surface area contributed by atoms with Crippen LogP contribution in [0.15, 0.2) is 53.5 Å². The number of hydrogen-bond acceptors (Lipinski definition) is 6. The first-order chi connectivity index (χ1) is 19.3. The molecule has 1 aliphatic rings. The number of benzene rings is 2. The summed E-state index contributed by atoms with van der Waals surface area (Å²) in [5.41, 5.74) is 4.74. The van der Waals surface area contributed by atoms with Gasteiger partial charge in [0.1, 0.15) is 11.4 Å². The van der Waals surface area contributed by atoms with Gasteiger partial charge in [0.2, 0.25) is 5.91 Å². The van der Waals surface area contributed by atoms with Crippen molar-refractivity contribution < 1.29 is 14.3 Å². The number of aliphatic hydroxyl groups is 1. The lowest BCUT2D eigenvalue weighted by Crippen LogP contribution is -2.48. The van der Waals surface area contributed by atoms with Gasteiger partial charge in [-0.1, -0.05) is 23.7 Å². The van der Waals surface area contributed by atoms with Crippen LogP contribution in [0.4, 0.5) is 15.8 Å². The summed E-state index contributed by atoms with van der Waals surface area (Å²) >= 11 is 6.06. The van der Waals surface area contributed by atoms with Crippen LogP contribution in [0.3, 0.4) is 0 Å². The van der Waals surface area contributed by atoms with Gasteiger partial charge in [-0.25, -0.2) is 4.98 Å². The quantitative estimate of drug-likeness (QED) is 0.238. The van der Waals surface area contributed by atoms with Gasteiger partial charge >= 0.3 is 0 Å². The van der Waals surface area contributed by atoms with E-state index in [1.165, 1.54) is 0 Å². The van der Waals surface area contributed by atoms with Gasteiger partial charge in [0.15, 0.2) is 0 Å². The summed E-state index contributed by atoms with van der Waals surface area (Å²) in [6.07, 6.45) is 1.23. The number of aliphatic hydroxyl groups excluding tert-OH is 1. The minimum absolute atomic E-state index is 0.000255. The van der Waals surface area contributed by atoms with Gasteiger partial charge in [0.05, 0.1) is 29.5 Å². The average Bonchev–Trinajstić information content (AvgIpc) is 3.39. The maximum atomic E-state index is 12.9. The third-order valence-corrected chi connectivity index (χ3v) is 7.44. The van der Waals surface area contributed by atoms with Crippen molar-refractivity contribution in [3.05, 3.63) is 75.2 Å². The predicted octanol–water partition coefficient (Wildman–Crippen LogP) is 4.42. The summed E-state index contributed by atoms with van der Waals surface area (Å²) in [6.45, 7) is 4.20. The molecule has 2 aromatic heterocycles. The van der Waals surface area contributed by atoms with Gasteiger partial charge in [0, 0.05) is 56.1 Å². The highest BCUT2D eigenvalue weighted by Gasteiger charge is 2.23. The molecular formula is C29H32ClFN6O3. The molecule has 4 aromatic rings. The summed E-state index contributed by atoms with van der Waals surface area (Å²) in [6, 6.07) is 12.8. The fraction of sp³-hybridized carbons (Fsp3) is 0.345. The molecule has 0 radical (unpaired) electrons. The molecule has 1 fully saturated rings. The van der Waals surface area contributed by atoms with Gasteiger partial charge in [-0.3, -0.25) is 14.0 Å². The number of pyridine rings is 1. The largest absolute Gasteiger partial charge is 0.387 e. The van der Waals surface area contributed by atoms with Crippen molar-refractivity contribution in [2.45, 2.75) is 25.9 Å². The van der Waals surface area contributed by atoms with Crippen LogP contribution in [0.5, 0.6) is 0 Å². The van der Waals surface area contributed by atoms with Crippen LogP contribution in [0.1, 0.15) is 30.1 Å². The first-order valence-electron chi connectivity index (χ1n) is 13.3. The number of alkyl halides is 1. The number of aromatic nitrogens is 3. The van der Waals surface area contributed by atoms with E-state index in [0.29, 0.717) is 53.8 Å². The number of carbonyl (C=O) groups excluding carboxylic acids is 1. The monoisotopic (exact) mass is 566 g/mol. The molecule has 4 N–H and O–H groups in total. The van der Waals surface area contributed by atoms with Crippen molar-refractivity contribution in [3.8, 4) is 11.4 Å². The second kappa shape index (κ2) is 12.1. The fourth-order valence-electron chi connectivity index (χ4n) is 5.06. The van der Waals surface area contributed by atoms with Crippen molar-refractivity contribution in [3.63, 3.8) is 0 Å². The Morgan fingerprint density at radius 3 is 2.75 bits per heavy atom. The normalized spacial score (nSPS) is 14.5. The van der Waals surface area contributed by atoms with Crippen LogP contribution in [-0.4, -0.2) is 70.3 Å². The lowest BCUT2D eigenvalue weighted by molar-refractivity contribution is -0.131. The smallest absolute Gasteiger partial charge is 0.261 e. The molecule has 1 amide bonds. The number of anilines is 2. The Morgan fingerprint density at radius 2 is 2.00 bits per heavy atom. The van der Waals surface area contributed by atoms with Crippen molar-refractivity contribution in [1.29, 1.82) is 0 Å². The Morgan fingerprint density at radius 1 is 1.20 bits per heavy atom. The van der Waals surface area contributed by atoms with Crippen LogP contribution in [0, 0.1) is 6.92 Å². The molecule has 5 rings (SSSR count). The number of H-pyrrole nitrogens is 2. The van der Waals surface area contributed by atoms with E-state index >= 15 is 0 Å². The maximum Gasteiger partial charge on any atom is 0.261 e. The molecular weight excluding hydrogens is 535 g/mol. The molecule has 3 heterocycles. The third kappa shape index (κ3) is 5.97. The fourth-order valence-corrected chi connectivity index (χ4v) is 5.26. The summed E-state index contributed by atoms with van der Waals surface area (Å²) in [5, 5.41) is 14.4. The number of imidazole rings is 1.